The fourth-order valence-electron chi connectivity index (χ4n) is 1.99. The van der Waals surface area contributed by atoms with Crippen molar-refractivity contribution in [1.29, 1.82) is 0 Å². The summed E-state index contributed by atoms with van der Waals surface area (Å²) in [6, 6.07) is 1.49. The summed E-state index contributed by atoms with van der Waals surface area (Å²) in [5.41, 5.74) is -2.83. The van der Waals surface area contributed by atoms with Crippen molar-refractivity contribution in [3.8, 4) is 0 Å². The van der Waals surface area contributed by atoms with Gasteiger partial charge in [0.05, 0.1) is 17.4 Å². The fourth-order valence-corrected chi connectivity index (χ4v) is 1.99. The van der Waals surface area contributed by atoms with Gasteiger partial charge in [-0.2, -0.15) is 26.3 Å². The Bertz CT molecular complexity index is 651. The van der Waals surface area contributed by atoms with E-state index in [2.05, 4.69) is 0 Å². The summed E-state index contributed by atoms with van der Waals surface area (Å²) < 4.78 is 75.4. The van der Waals surface area contributed by atoms with E-state index >= 15 is 0 Å². The van der Waals surface area contributed by atoms with Crippen molar-refractivity contribution >= 4 is 11.9 Å². The zero-order valence-corrected chi connectivity index (χ0v) is 13.1. The summed E-state index contributed by atoms with van der Waals surface area (Å²) in [5.74, 6) is -3.03. The topological polar surface area (TPSA) is 66.4 Å². The number of benzene rings is 1. The maximum Gasteiger partial charge on any atom is 0.416 e. The lowest BCUT2D eigenvalue weighted by Gasteiger charge is -2.27. The highest BCUT2D eigenvalue weighted by Crippen LogP contribution is 2.33. The first kappa shape index (κ1) is 20.8. The van der Waals surface area contributed by atoms with Gasteiger partial charge in [-0.1, -0.05) is 18.2 Å². The Morgan fingerprint density at radius 1 is 1.08 bits per heavy atom. The maximum atomic E-state index is 12.8. The average Bonchev–Trinajstić information content (AvgIpc) is 2.44. The number of hydrogen-bond donors (Lipinski definition) is 2. The third-order valence-electron chi connectivity index (χ3n) is 3.52. The van der Waals surface area contributed by atoms with Gasteiger partial charge >= 0.3 is 18.3 Å². The summed E-state index contributed by atoms with van der Waals surface area (Å²) in [5, 5.41) is 10.5. The van der Waals surface area contributed by atoms with Gasteiger partial charge < -0.3 is 10.4 Å². The van der Waals surface area contributed by atoms with Crippen LogP contribution in [0.5, 0.6) is 0 Å². The number of hydrogen-bond acceptors (Lipinski definition) is 2. The van der Waals surface area contributed by atoms with Crippen LogP contribution < -0.4 is 5.32 Å². The van der Waals surface area contributed by atoms with Crippen molar-refractivity contribution in [1.82, 2.24) is 5.32 Å². The molecule has 1 atom stereocenters. The van der Waals surface area contributed by atoms with Crippen molar-refractivity contribution in [3.05, 3.63) is 35.4 Å². The van der Waals surface area contributed by atoms with Crippen LogP contribution in [0.15, 0.2) is 24.3 Å². The average molecular weight is 371 g/mol. The summed E-state index contributed by atoms with van der Waals surface area (Å²) in [6.07, 6.45) is -11.3. The molecule has 0 spiro atoms. The van der Waals surface area contributed by atoms with E-state index in [1.54, 1.807) is 5.32 Å². The predicted octanol–water partition coefficient (Wildman–Crippen LogP) is 3.50. The molecule has 0 aliphatic heterocycles. The van der Waals surface area contributed by atoms with E-state index in [0.29, 0.717) is 6.07 Å². The highest BCUT2D eigenvalue weighted by molar-refractivity contribution is 5.90. The second kappa shape index (κ2) is 6.93. The van der Waals surface area contributed by atoms with Crippen molar-refractivity contribution < 1.29 is 41.0 Å². The first-order valence-corrected chi connectivity index (χ1v) is 6.93. The minimum atomic E-state index is -4.84. The zero-order chi connectivity index (χ0) is 19.6. The molecule has 4 nitrogen and oxygen atoms in total. The number of nitrogens with one attached hydrogen (secondary N) is 1. The summed E-state index contributed by atoms with van der Waals surface area (Å²) >= 11 is 0. The molecule has 0 aliphatic carbocycles. The number of carboxylic acid groups (broad SMARTS) is 1. The molecule has 1 aromatic carbocycles. The number of aliphatic carboxylic acids is 1. The van der Waals surface area contributed by atoms with Crippen LogP contribution in [0.4, 0.5) is 26.3 Å². The molecule has 1 aromatic rings. The van der Waals surface area contributed by atoms with E-state index in [1.807, 2.05) is 0 Å². The minimum Gasteiger partial charge on any atom is -0.480 e. The second-order valence-corrected chi connectivity index (χ2v) is 5.89. The zero-order valence-electron chi connectivity index (χ0n) is 13.1. The molecule has 0 saturated heterocycles. The molecule has 10 heteroatoms. The Morgan fingerprint density at radius 3 is 2.04 bits per heavy atom. The summed E-state index contributed by atoms with van der Waals surface area (Å²) in [4.78, 5) is 23.1. The largest absolute Gasteiger partial charge is 0.480 e. The van der Waals surface area contributed by atoms with Crippen LogP contribution in [0.2, 0.25) is 0 Å². The van der Waals surface area contributed by atoms with Crippen molar-refractivity contribution in [3.63, 3.8) is 0 Å². The Morgan fingerprint density at radius 2 is 1.60 bits per heavy atom. The molecule has 0 radical (unpaired) electrons. The summed E-state index contributed by atoms with van der Waals surface area (Å²) in [7, 11) is 0. The second-order valence-electron chi connectivity index (χ2n) is 5.89. The van der Waals surface area contributed by atoms with Crippen molar-refractivity contribution in [2.45, 2.75) is 44.1 Å². The minimum absolute atomic E-state index is 0.115. The van der Waals surface area contributed by atoms with Gasteiger partial charge in [0.15, 0.2) is 0 Å². The van der Waals surface area contributed by atoms with E-state index in [9.17, 15) is 35.9 Å². The summed E-state index contributed by atoms with van der Waals surface area (Å²) in [6.45, 7) is 2.37. The first-order valence-electron chi connectivity index (χ1n) is 6.93. The SMILES string of the molecule is CC(C)(C(=O)NC(CC(F)(F)F)C(=O)O)c1cccc(C(F)(F)F)c1. The van der Waals surface area contributed by atoms with E-state index in [4.69, 9.17) is 5.11 Å². The van der Waals surface area contributed by atoms with Gasteiger partial charge in [0.25, 0.3) is 0 Å². The third-order valence-corrected chi connectivity index (χ3v) is 3.52. The lowest BCUT2D eigenvalue weighted by molar-refractivity contribution is -0.160. The Balaban J connectivity index is 3.08. The molecule has 25 heavy (non-hydrogen) atoms. The Kier molecular flexibility index (Phi) is 5.76. The smallest absolute Gasteiger partial charge is 0.416 e. The highest BCUT2D eigenvalue weighted by Gasteiger charge is 2.40. The molecule has 1 rings (SSSR count). The van der Waals surface area contributed by atoms with E-state index in [1.165, 1.54) is 19.9 Å². The van der Waals surface area contributed by atoms with Gasteiger partial charge in [0, 0.05) is 0 Å². The number of carboxylic acids is 1. The van der Waals surface area contributed by atoms with Crippen LogP contribution in [0.1, 0.15) is 31.4 Å². The third kappa shape index (κ3) is 5.64. The Hall–Kier alpha value is -2.26. The first-order chi connectivity index (χ1) is 11.1. The quantitative estimate of drug-likeness (QED) is 0.779. The van der Waals surface area contributed by atoms with Gasteiger partial charge in [-0.15, -0.1) is 0 Å². The number of carbonyl (C=O) groups is 2. The van der Waals surface area contributed by atoms with Crippen molar-refractivity contribution in [2.75, 3.05) is 0 Å². The lowest BCUT2D eigenvalue weighted by atomic mass is 9.82. The van der Waals surface area contributed by atoms with E-state index in [0.717, 1.165) is 12.1 Å². The lowest BCUT2D eigenvalue weighted by Crippen LogP contribution is -2.49. The van der Waals surface area contributed by atoms with Crippen molar-refractivity contribution in [2.24, 2.45) is 0 Å². The number of halogens is 6. The van der Waals surface area contributed by atoms with Crippen LogP contribution in [-0.4, -0.2) is 29.2 Å². The van der Waals surface area contributed by atoms with Crippen LogP contribution in [-0.2, 0) is 21.2 Å². The van der Waals surface area contributed by atoms with E-state index < -0.39 is 47.7 Å². The van der Waals surface area contributed by atoms with Gasteiger partial charge in [-0.3, -0.25) is 4.79 Å². The molecule has 0 saturated carbocycles. The number of rotatable bonds is 5. The predicted molar refractivity (Wildman–Crippen MR) is 74.7 cm³/mol. The van der Waals surface area contributed by atoms with Gasteiger partial charge in [0.2, 0.25) is 5.91 Å². The molecule has 1 amide bonds. The standard InChI is InChI=1S/C15H15F6NO3/c1-13(2,8-4-3-5-9(6-8)15(19,20)21)12(25)22-10(11(23)24)7-14(16,17)18/h3-6,10H,7H2,1-2H3,(H,22,25)(H,23,24). The van der Waals surface area contributed by atoms with Gasteiger partial charge in [-0.25, -0.2) is 4.79 Å². The van der Waals surface area contributed by atoms with Gasteiger partial charge in [-0.05, 0) is 25.5 Å². The fraction of sp³-hybridized carbons (Fsp3) is 0.467. The van der Waals surface area contributed by atoms with Crippen LogP contribution >= 0.6 is 0 Å². The molecule has 0 heterocycles. The van der Waals surface area contributed by atoms with E-state index in [-0.39, 0.29) is 5.56 Å². The molecule has 1 unspecified atom stereocenters. The number of carbonyl (C=O) groups excluding carboxylic acids is 1. The number of alkyl halides is 6. The van der Waals surface area contributed by atoms with Gasteiger partial charge in [0.1, 0.15) is 6.04 Å². The Labute approximate surface area is 138 Å². The molecular formula is C15H15F6NO3. The molecule has 0 aliphatic rings. The van der Waals surface area contributed by atoms with Crippen LogP contribution in [0.3, 0.4) is 0 Å². The molecule has 0 fully saturated rings. The molecule has 140 valence electrons. The normalized spacial score (nSPS) is 14.1. The van der Waals surface area contributed by atoms with Crippen LogP contribution in [0, 0.1) is 0 Å². The van der Waals surface area contributed by atoms with Crippen LogP contribution in [0.25, 0.3) is 0 Å². The maximum absolute atomic E-state index is 12.8. The molecule has 2 N–H and O–H groups in total. The number of amides is 1. The highest BCUT2D eigenvalue weighted by atomic mass is 19.4. The molecular weight excluding hydrogens is 356 g/mol. The monoisotopic (exact) mass is 371 g/mol. The molecule has 0 bridgehead atoms. The molecule has 0 aromatic heterocycles.